The molecular weight excluding hydrogens is 466 g/mol. The van der Waals surface area contributed by atoms with E-state index in [0.29, 0.717) is 17.1 Å². The van der Waals surface area contributed by atoms with Crippen LogP contribution in [0.15, 0.2) is 89.0 Å². The van der Waals surface area contributed by atoms with Crippen LogP contribution in [0.25, 0.3) is 16.5 Å². The summed E-state index contributed by atoms with van der Waals surface area (Å²) < 4.78 is 11.1. The molecule has 1 saturated heterocycles. The fourth-order valence-electron chi connectivity index (χ4n) is 4.93. The van der Waals surface area contributed by atoms with Gasteiger partial charge in [-0.2, -0.15) is 0 Å². The van der Waals surface area contributed by atoms with Crippen molar-refractivity contribution < 1.29 is 23.8 Å². The Labute approximate surface area is 215 Å². The van der Waals surface area contributed by atoms with Crippen molar-refractivity contribution in [1.29, 1.82) is 0 Å². The molecule has 37 heavy (non-hydrogen) atoms. The molecule has 4 aromatic rings. The predicted molar refractivity (Wildman–Crippen MR) is 142 cm³/mol. The maximum atomic E-state index is 13.6. The van der Waals surface area contributed by atoms with Crippen LogP contribution in [0.5, 0.6) is 5.75 Å². The van der Waals surface area contributed by atoms with Crippen LogP contribution in [0.1, 0.15) is 49.3 Å². The zero-order chi connectivity index (χ0) is 26.3. The third-order valence-electron chi connectivity index (χ3n) is 6.88. The first kappa shape index (κ1) is 24.4. The van der Waals surface area contributed by atoms with Gasteiger partial charge in [-0.15, -0.1) is 0 Å². The van der Waals surface area contributed by atoms with Gasteiger partial charge in [0, 0.05) is 0 Å². The van der Waals surface area contributed by atoms with E-state index < -0.39 is 17.7 Å². The van der Waals surface area contributed by atoms with Gasteiger partial charge in [0.1, 0.15) is 17.3 Å². The lowest BCUT2D eigenvalue weighted by atomic mass is 9.85. The van der Waals surface area contributed by atoms with Crippen molar-refractivity contribution in [2.75, 3.05) is 7.11 Å². The number of amides is 1. The van der Waals surface area contributed by atoms with Crippen molar-refractivity contribution in [3.63, 3.8) is 0 Å². The van der Waals surface area contributed by atoms with Crippen molar-refractivity contribution in [2.24, 2.45) is 0 Å². The second kappa shape index (κ2) is 9.28. The summed E-state index contributed by atoms with van der Waals surface area (Å²) in [5, 5.41) is 13.6. The molecule has 1 unspecified atom stereocenters. The van der Waals surface area contributed by atoms with E-state index >= 15 is 0 Å². The van der Waals surface area contributed by atoms with E-state index in [2.05, 4.69) is 20.8 Å². The van der Waals surface area contributed by atoms with Crippen LogP contribution in [0.4, 0.5) is 0 Å². The Bertz CT molecular complexity index is 1520. The number of furan rings is 1. The van der Waals surface area contributed by atoms with Crippen molar-refractivity contribution in [3.8, 4) is 5.75 Å². The molecule has 0 aliphatic carbocycles. The average molecular weight is 496 g/mol. The Hall–Kier alpha value is -4.32. The summed E-state index contributed by atoms with van der Waals surface area (Å²) in [5.41, 5.74) is 1.90. The third kappa shape index (κ3) is 4.29. The van der Waals surface area contributed by atoms with E-state index in [1.807, 2.05) is 54.6 Å². The fraction of sp³-hybridized carbons (Fsp3) is 0.226. The summed E-state index contributed by atoms with van der Waals surface area (Å²) in [4.78, 5) is 28.5. The largest absolute Gasteiger partial charge is 0.507 e. The van der Waals surface area contributed by atoms with Crippen molar-refractivity contribution in [1.82, 2.24) is 4.90 Å². The fourth-order valence-corrected chi connectivity index (χ4v) is 4.93. The molecule has 1 aliphatic heterocycles. The SMILES string of the molecule is COc1ccc(C(C)(C)C)cc1/C(O)=C1\C(=O)C(=O)N(Cc2ccco2)C1c1cccc2ccccc12. The van der Waals surface area contributed by atoms with Gasteiger partial charge in [0.25, 0.3) is 11.7 Å². The highest BCUT2D eigenvalue weighted by molar-refractivity contribution is 6.46. The summed E-state index contributed by atoms with van der Waals surface area (Å²) in [6, 6.07) is 21.8. The standard InChI is InChI=1S/C31H29NO5/c1-31(2,3)20-14-15-25(36-4)24(17-20)28(33)26-27(23-13-7-10-19-9-5-6-12-22(19)23)32(30(35)29(26)34)18-21-11-8-16-37-21/h5-17,27,33H,18H2,1-4H3/b28-26+. The van der Waals surface area contributed by atoms with Gasteiger partial charge in [-0.25, -0.2) is 0 Å². The van der Waals surface area contributed by atoms with Gasteiger partial charge in [0.15, 0.2) is 0 Å². The lowest BCUT2D eigenvalue weighted by Crippen LogP contribution is -2.29. The van der Waals surface area contributed by atoms with Crippen LogP contribution in [0.2, 0.25) is 0 Å². The molecule has 1 aromatic heterocycles. The summed E-state index contributed by atoms with van der Waals surface area (Å²) >= 11 is 0. The van der Waals surface area contributed by atoms with Crippen molar-refractivity contribution in [3.05, 3.63) is 107 Å². The Morgan fingerprint density at radius 1 is 1.00 bits per heavy atom. The number of methoxy groups -OCH3 is 1. The Balaban J connectivity index is 1.78. The molecule has 1 atom stereocenters. The molecule has 188 valence electrons. The number of fused-ring (bicyclic) bond motifs is 1. The average Bonchev–Trinajstić information content (AvgIpc) is 3.49. The molecule has 6 nitrogen and oxygen atoms in total. The lowest BCUT2D eigenvalue weighted by molar-refractivity contribution is -0.140. The first-order chi connectivity index (χ1) is 17.7. The highest BCUT2D eigenvalue weighted by Crippen LogP contribution is 2.44. The molecule has 0 radical (unpaired) electrons. The number of likely N-dealkylation sites (tertiary alicyclic amines) is 1. The molecule has 1 aliphatic rings. The Morgan fingerprint density at radius 2 is 1.76 bits per heavy atom. The zero-order valence-corrected chi connectivity index (χ0v) is 21.3. The van der Waals surface area contributed by atoms with Crippen LogP contribution >= 0.6 is 0 Å². The maximum Gasteiger partial charge on any atom is 0.296 e. The van der Waals surface area contributed by atoms with E-state index in [0.717, 1.165) is 21.9 Å². The number of rotatable bonds is 5. The van der Waals surface area contributed by atoms with Crippen LogP contribution in [0.3, 0.4) is 0 Å². The smallest absolute Gasteiger partial charge is 0.296 e. The lowest BCUT2D eigenvalue weighted by Gasteiger charge is -2.26. The molecule has 1 N–H and O–H groups in total. The second-order valence-electron chi connectivity index (χ2n) is 10.2. The summed E-state index contributed by atoms with van der Waals surface area (Å²) in [7, 11) is 1.51. The number of carbonyl (C=O) groups excluding carboxylic acids is 2. The van der Waals surface area contributed by atoms with Gasteiger partial charge in [-0.1, -0.05) is 69.3 Å². The number of hydrogen-bond donors (Lipinski definition) is 1. The predicted octanol–water partition coefficient (Wildman–Crippen LogP) is 6.36. The summed E-state index contributed by atoms with van der Waals surface area (Å²) in [5.74, 6) is -0.743. The summed E-state index contributed by atoms with van der Waals surface area (Å²) in [6.07, 6.45) is 1.53. The Kier molecular flexibility index (Phi) is 6.12. The zero-order valence-electron chi connectivity index (χ0n) is 21.3. The van der Waals surface area contributed by atoms with E-state index in [-0.39, 0.29) is 23.3 Å². The summed E-state index contributed by atoms with van der Waals surface area (Å²) in [6.45, 7) is 6.28. The first-order valence-electron chi connectivity index (χ1n) is 12.2. The molecule has 0 bridgehead atoms. The molecule has 0 saturated carbocycles. The highest BCUT2D eigenvalue weighted by Gasteiger charge is 2.47. The number of ether oxygens (including phenoxy) is 1. The van der Waals surface area contributed by atoms with Gasteiger partial charge in [-0.3, -0.25) is 9.59 Å². The van der Waals surface area contributed by atoms with Gasteiger partial charge in [0.2, 0.25) is 0 Å². The normalized spacial score (nSPS) is 17.5. The molecule has 5 rings (SSSR count). The number of carbonyl (C=O) groups is 2. The first-order valence-corrected chi connectivity index (χ1v) is 12.2. The van der Waals surface area contributed by atoms with Crippen LogP contribution < -0.4 is 4.74 Å². The van der Waals surface area contributed by atoms with Gasteiger partial charge < -0.3 is 19.2 Å². The minimum Gasteiger partial charge on any atom is -0.507 e. The quantitative estimate of drug-likeness (QED) is 0.198. The second-order valence-corrected chi connectivity index (χ2v) is 10.2. The topological polar surface area (TPSA) is 80.0 Å². The van der Waals surface area contributed by atoms with Crippen molar-refractivity contribution >= 4 is 28.2 Å². The highest BCUT2D eigenvalue weighted by atomic mass is 16.5. The number of aliphatic hydroxyl groups excluding tert-OH is 1. The number of Topliss-reactive ketones (excluding diaryl/α,β-unsaturated/α-hetero) is 1. The van der Waals surface area contributed by atoms with E-state index in [4.69, 9.17) is 9.15 Å². The van der Waals surface area contributed by atoms with E-state index in [1.54, 1.807) is 18.2 Å². The number of benzene rings is 3. The van der Waals surface area contributed by atoms with E-state index in [1.165, 1.54) is 18.3 Å². The van der Waals surface area contributed by atoms with Crippen LogP contribution in [-0.4, -0.2) is 28.8 Å². The minimum atomic E-state index is -0.820. The minimum absolute atomic E-state index is 0.0252. The molecule has 3 aromatic carbocycles. The van der Waals surface area contributed by atoms with Gasteiger partial charge >= 0.3 is 0 Å². The molecule has 0 spiro atoms. The van der Waals surface area contributed by atoms with Gasteiger partial charge in [0.05, 0.1) is 37.1 Å². The molecule has 1 fully saturated rings. The third-order valence-corrected chi connectivity index (χ3v) is 6.88. The molecule has 1 amide bonds. The van der Waals surface area contributed by atoms with Crippen LogP contribution in [0, 0.1) is 0 Å². The number of ketones is 1. The van der Waals surface area contributed by atoms with Gasteiger partial charge in [-0.05, 0) is 51.6 Å². The number of hydrogen-bond acceptors (Lipinski definition) is 5. The molecule has 6 heteroatoms. The number of nitrogens with zero attached hydrogens (tertiary/aromatic N) is 1. The monoisotopic (exact) mass is 495 g/mol. The Morgan fingerprint density at radius 3 is 2.46 bits per heavy atom. The maximum absolute atomic E-state index is 13.6. The van der Waals surface area contributed by atoms with Crippen LogP contribution in [-0.2, 0) is 21.5 Å². The van der Waals surface area contributed by atoms with E-state index in [9.17, 15) is 14.7 Å². The molecular formula is C31H29NO5. The van der Waals surface area contributed by atoms with Crippen molar-refractivity contribution in [2.45, 2.75) is 38.8 Å². The number of aliphatic hydroxyl groups is 1. The molecule has 2 heterocycles.